The predicted octanol–water partition coefficient (Wildman–Crippen LogP) is -0.432. The lowest BCUT2D eigenvalue weighted by molar-refractivity contribution is -0.118. The molecule has 16 heavy (non-hydrogen) atoms. The van der Waals surface area contributed by atoms with Gasteiger partial charge in [-0.05, 0) is 24.3 Å². The third kappa shape index (κ3) is 2.35. The zero-order chi connectivity index (χ0) is 11.5. The Kier molecular flexibility index (Phi) is 3.14. The quantitative estimate of drug-likeness (QED) is 0.549. The molecule has 86 valence electrons. The van der Waals surface area contributed by atoms with Crippen LogP contribution < -0.4 is 21.9 Å². The Morgan fingerprint density at radius 1 is 1.44 bits per heavy atom. The molecule has 0 aliphatic carbocycles. The first-order valence-corrected chi connectivity index (χ1v) is 4.97. The molecule has 1 aromatic carbocycles. The maximum absolute atomic E-state index is 12.6. The highest BCUT2D eigenvalue weighted by Gasteiger charge is 2.29. The zero-order valence-corrected chi connectivity index (χ0v) is 8.53. The Hall–Kier alpha value is -1.50. The van der Waals surface area contributed by atoms with Gasteiger partial charge in [-0.2, -0.15) is 0 Å². The second kappa shape index (κ2) is 4.56. The molecule has 0 aromatic heterocycles. The fourth-order valence-electron chi connectivity index (χ4n) is 1.52. The van der Waals surface area contributed by atoms with Gasteiger partial charge in [-0.15, -0.1) is 0 Å². The molecule has 1 heterocycles. The number of benzene rings is 1. The highest BCUT2D eigenvalue weighted by molar-refractivity contribution is 5.95. The summed E-state index contributed by atoms with van der Waals surface area (Å²) in [6.45, 7) is 0.543. The van der Waals surface area contributed by atoms with Crippen LogP contribution in [-0.4, -0.2) is 24.5 Å². The van der Waals surface area contributed by atoms with Gasteiger partial charge in [-0.25, -0.2) is 9.82 Å². The average molecular weight is 224 g/mol. The van der Waals surface area contributed by atoms with Crippen LogP contribution in [0.15, 0.2) is 24.3 Å². The van der Waals surface area contributed by atoms with E-state index in [1.165, 1.54) is 24.3 Å². The Balaban J connectivity index is 1.99. The Bertz CT molecular complexity index is 381. The van der Waals surface area contributed by atoms with Crippen molar-refractivity contribution in [3.05, 3.63) is 30.1 Å². The highest BCUT2D eigenvalue weighted by atomic mass is 19.1. The van der Waals surface area contributed by atoms with E-state index in [1.807, 2.05) is 0 Å². The molecular weight excluding hydrogens is 211 g/mol. The second-order valence-corrected chi connectivity index (χ2v) is 3.66. The number of amides is 1. The van der Waals surface area contributed by atoms with Crippen molar-refractivity contribution in [3.63, 3.8) is 0 Å². The fraction of sp³-hybridized carbons (Fsp3) is 0.300. The Morgan fingerprint density at radius 3 is 2.69 bits per heavy atom. The molecule has 6 heteroatoms. The maximum Gasteiger partial charge on any atom is 0.244 e. The topological polar surface area (TPSA) is 79.2 Å². The molecule has 1 aromatic rings. The van der Waals surface area contributed by atoms with E-state index in [0.717, 1.165) is 0 Å². The summed E-state index contributed by atoms with van der Waals surface area (Å²) < 4.78 is 12.6. The van der Waals surface area contributed by atoms with Gasteiger partial charge < -0.3 is 11.1 Å². The van der Waals surface area contributed by atoms with Gasteiger partial charge in [-0.1, -0.05) is 0 Å². The first-order valence-electron chi connectivity index (χ1n) is 4.97. The van der Waals surface area contributed by atoms with Crippen molar-refractivity contribution in [1.82, 2.24) is 10.9 Å². The van der Waals surface area contributed by atoms with Crippen molar-refractivity contribution in [3.8, 4) is 0 Å². The molecule has 5 nitrogen and oxygen atoms in total. The van der Waals surface area contributed by atoms with E-state index in [-0.39, 0.29) is 17.8 Å². The van der Waals surface area contributed by atoms with Crippen LogP contribution >= 0.6 is 0 Å². The number of nitrogens with two attached hydrogens (primary N) is 1. The molecule has 0 spiro atoms. The Morgan fingerprint density at radius 2 is 2.12 bits per heavy atom. The van der Waals surface area contributed by atoms with Gasteiger partial charge in [0.1, 0.15) is 11.9 Å². The largest absolute Gasteiger partial charge is 0.325 e. The summed E-state index contributed by atoms with van der Waals surface area (Å²) in [6, 6.07) is 4.85. The average Bonchev–Trinajstić information content (AvgIpc) is 2.68. The van der Waals surface area contributed by atoms with E-state index in [0.29, 0.717) is 12.2 Å². The minimum absolute atomic E-state index is 0.232. The standard InChI is InChI=1S/C10H13FN4O/c11-6-1-3-7(4-2-6)14-10(16)9-8(12)5-13-15-9/h1-4,8-9,13,15H,5,12H2,(H,14,16). The van der Waals surface area contributed by atoms with Gasteiger partial charge >= 0.3 is 0 Å². The second-order valence-electron chi connectivity index (χ2n) is 3.66. The number of halogens is 1. The fourth-order valence-corrected chi connectivity index (χ4v) is 1.52. The number of hydrogen-bond donors (Lipinski definition) is 4. The molecule has 2 unspecified atom stereocenters. The number of anilines is 1. The van der Waals surface area contributed by atoms with Crippen molar-refractivity contribution in [2.45, 2.75) is 12.1 Å². The summed E-state index contributed by atoms with van der Waals surface area (Å²) in [6.07, 6.45) is 0. The van der Waals surface area contributed by atoms with Crippen molar-refractivity contribution >= 4 is 11.6 Å². The summed E-state index contributed by atoms with van der Waals surface area (Å²) in [5, 5.41) is 2.65. The van der Waals surface area contributed by atoms with Gasteiger partial charge in [-0.3, -0.25) is 10.2 Å². The van der Waals surface area contributed by atoms with Crippen molar-refractivity contribution in [1.29, 1.82) is 0 Å². The van der Waals surface area contributed by atoms with Crippen LogP contribution in [0.25, 0.3) is 0 Å². The molecule has 1 aliphatic rings. The molecule has 1 aliphatic heterocycles. The van der Waals surface area contributed by atoms with E-state index < -0.39 is 6.04 Å². The van der Waals surface area contributed by atoms with Crippen LogP contribution in [0, 0.1) is 5.82 Å². The lowest BCUT2D eigenvalue weighted by atomic mass is 10.1. The van der Waals surface area contributed by atoms with E-state index in [4.69, 9.17) is 5.73 Å². The lowest BCUT2D eigenvalue weighted by Crippen LogP contribution is -2.47. The number of rotatable bonds is 2. The van der Waals surface area contributed by atoms with Crippen LogP contribution in [0.4, 0.5) is 10.1 Å². The first-order chi connectivity index (χ1) is 7.66. The normalized spacial score (nSPS) is 24.4. The molecule has 1 saturated heterocycles. The summed E-state index contributed by atoms with van der Waals surface area (Å²) in [5.41, 5.74) is 11.8. The predicted molar refractivity (Wildman–Crippen MR) is 57.9 cm³/mol. The number of nitrogens with one attached hydrogen (secondary N) is 3. The minimum Gasteiger partial charge on any atom is -0.325 e. The van der Waals surface area contributed by atoms with E-state index in [1.54, 1.807) is 0 Å². The van der Waals surface area contributed by atoms with Gasteiger partial charge in [0.2, 0.25) is 5.91 Å². The number of carbonyl (C=O) groups is 1. The lowest BCUT2D eigenvalue weighted by Gasteiger charge is -2.14. The van der Waals surface area contributed by atoms with E-state index in [2.05, 4.69) is 16.2 Å². The van der Waals surface area contributed by atoms with Crippen LogP contribution in [0.1, 0.15) is 0 Å². The Labute approximate surface area is 92.2 Å². The van der Waals surface area contributed by atoms with Crippen LogP contribution in [0.3, 0.4) is 0 Å². The molecular formula is C10H13FN4O. The summed E-state index contributed by atoms with van der Waals surface area (Å²) in [5.74, 6) is -0.570. The number of hydrogen-bond acceptors (Lipinski definition) is 4. The third-order valence-electron chi connectivity index (χ3n) is 2.42. The zero-order valence-electron chi connectivity index (χ0n) is 8.53. The molecule has 2 atom stereocenters. The summed E-state index contributed by atoms with van der Waals surface area (Å²) >= 11 is 0. The van der Waals surface area contributed by atoms with Gasteiger partial charge in [0.05, 0.1) is 0 Å². The molecule has 0 radical (unpaired) electrons. The van der Waals surface area contributed by atoms with E-state index >= 15 is 0 Å². The van der Waals surface area contributed by atoms with Crippen molar-refractivity contribution in [2.75, 3.05) is 11.9 Å². The first kappa shape index (κ1) is 11.0. The van der Waals surface area contributed by atoms with Crippen LogP contribution in [-0.2, 0) is 4.79 Å². The van der Waals surface area contributed by atoms with Gasteiger partial charge in [0.15, 0.2) is 0 Å². The monoisotopic (exact) mass is 224 g/mol. The molecule has 1 amide bonds. The molecule has 0 saturated carbocycles. The van der Waals surface area contributed by atoms with Crippen LogP contribution in [0.5, 0.6) is 0 Å². The van der Waals surface area contributed by atoms with Gasteiger partial charge in [0, 0.05) is 18.3 Å². The van der Waals surface area contributed by atoms with E-state index in [9.17, 15) is 9.18 Å². The SMILES string of the molecule is NC1CNNC1C(=O)Nc1ccc(F)cc1. The molecule has 5 N–H and O–H groups in total. The number of hydrazine groups is 1. The minimum atomic E-state index is -0.468. The number of carbonyl (C=O) groups excluding carboxylic acids is 1. The third-order valence-corrected chi connectivity index (χ3v) is 2.42. The van der Waals surface area contributed by atoms with Crippen LogP contribution in [0.2, 0.25) is 0 Å². The van der Waals surface area contributed by atoms with Crippen molar-refractivity contribution < 1.29 is 9.18 Å². The smallest absolute Gasteiger partial charge is 0.244 e. The van der Waals surface area contributed by atoms with Crippen molar-refractivity contribution in [2.24, 2.45) is 5.73 Å². The summed E-state index contributed by atoms with van der Waals surface area (Å²) in [7, 11) is 0. The van der Waals surface area contributed by atoms with Gasteiger partial charge in [0.25, 0.3) is 0 Å². The molecule has 0 bridgehead atoms. The highest BCUT2D eigenvalue weighted by Crippen LogP contribution is 2.09. The molecule has 2 rings (SSSR count). The summed E-state index contributed by atoms with van der Waals surface area (Å²) in [4.78, 5) is 11.7. The molecule has 1 fully saturated rings. The maximum atomic E-state index is 12.6.